The van der Waals surface area contributed by atoms with Gasteiger partial charge >= 0.3 is 0 Å². The maximum absolute atomic E-state index is 2.29. The summed E-state index contributed by atoms with van der Waals surface area (Å²) in [5.41, 5.74) is 0. The minimum atomic E-state index is 0. The van der Waals surface area contributed by atoms with Gasteiger partial charge in [-0.2, -0.15) is 0 Å². The van der Waals surface area contributed by atoms with Gasteiger partial charge in [0.2, 0.25) is 0 Å². The van der Waals surface area contributed by atoms with Crippen molar-refractivity contribution in [3.05, 3.63) is 0 Å². The van der Waals surface area contributed by atoms with Gasteiger partial charge in [-0.15, -0.1) is 24.8 Å². The average Bonchev–Trinajstić information content (AvgIpc) is 2.48. The van der Waals surface area contributed by atoms with E-state index in [9.17, 15) is 0 Å². The van der Waals surface area contributed by atoms with E-state index in [-0.39, 0.29) is 61.9 Å². The van der Waals surface area contributed by atoms with Gasteiger partial charge in [-0.1, -0.05) is 174 Å². The molecule has 0 unspecified atom stereocenters. The molecule has 0 fully saturated rings. The van der Waals surface area contributed by atoms with Crippen LogP contribution in [0.15, 0.2) is 0 Å². The Balaban J connectivity index is -0.0000000483. The molecule has 0 aromatic rings. The van der Waals surface area contributed by atoms with E-state index in [0.29, 0.717) is 0 Å². The van der Waals surface area contributed by atoms with Crippen LogP contribution in [0.5, 0.6) is 0 Å². The van der Waals surface area contributed by atoms with Crippen LogP contribution >= 0.6 is 24.8 Å². The highest BCUT2D eigenvalue weighted by atomic mass is 35.5. The van der Waals surface area contributed by atoms with Crippen LogP contribution in [0, 0.1) is 0 Å². The van der Waals surface area contributed by atoms with Crippen molar-refractivity contribution in [1.82, 2.24) is 0 Å². The van der Waals surface area contributed by atoms with E-state index in [4.69, 9.17) is 0 Å². The first-order valence-corrected chi connectivity index (χ1v) is 10.3. The number of unbranched alkanes of at least 4 members (excludes halogenated alkanes) is 15. The third-order valence-electron chi connectivity index (χ3n) is 3.96. The highest BCUT2D eigenvalue weighted by molar-refractivity contribution is 5.85. The number of halogens is 2. The molecule has 186 valence electrons. The molecule has 0 atom stereocenters. The van der Waals surface area contributed by atoms with Crippen molar-refractivity contribution in [3.63, 3.8) is 0 Å². The van der Waals surface area contributed by atoms with E-state index in [1.807, 2.05) is 0 Å². The zero-order valence-electron chi connectivity index (χ0n) is 16.8. The predicted molar refractivity (Wildman–Crippen MR) is 149 cm³/mol. The van der Waals surface area contributed by atoms with Crippen LogP contribution < -0.4 is 0 Å². The Morgan fingerprint density at radius 2 is 0.393 bits per heavy atom. The molecule has 0 rings (SSSR count). The summed E-state index contributed by atoms with van der Waals surface area (Å²) in [6.45, 7) is 8.84. The minimum Gasteiger partial charge on any atom is -0.147 e. The molecule has 0 aliphatic rings. The summed E-state index contributed by atoms with van der Waals surface area (Å²) in [5, 5.41) is 0. The van der Waals surface area contributed by atoms with Crippen molar-refractivity contribution >= 4 is 24.8 Å². The Kier molecular flexibility index (Phi) is 128. The quantitative estimate of drug-likeness (QED) is 0.217. The fourth-order valence-electron chi connectivity index (χ4n) is 2.62. The van der Waals surface area contributed by atoms with Crippen LogP contribution in [0.2, 0.25) is 0 Å². The lowest BCUT2D eigenvalue weighted by Crippen LogP contribution is -1.83. The van der Waals surface area contributed by atoms with Gasteiger partial charge in [0.05, 0.1) is 0 Å². The van der Waals surface area contributed by atoms with E-state index >= 15 is 0 Å². The van der Waals surface area contributed by atoms with Crippen molar-refractivity contribution in [2.75, 3.05) is 0 Å². The highest BCUT2D eigenvalue weighted by Crippen LogP contribution is 2.13. The summed E-state index contributed by atoms with van der Waals surface area (Å²) >= 11 is 0. The lowest BCUT2D eigenvalue weighted by molar-refractivity contribution is 0.531. The van der Waals surface area contributed by atoms with Gasteiger partial charge in [0.1, 0.15) is 0 Å². The van der Waals surface area contributed by atoms with Gasteiger partial charge in [-0.3, -0.25) is 0 Å². The molecule has 0 heterocycles. The van der Waals surface area contributed by atoms with Crippen LogP contribution in [0.25, 0.3) is 0 Å². The zero-order valence-corrected chi connectivity index (χ0v) is 18.5. The fourth-order valence-corrected chi connectivity index (χ4v) is 2.62. The molecular formula is C26H68Cl2. The molecule has 0 aromatic heterocycles. The summed E-state index contributed by atoms with van der Waals surface area (Å²) in [5.74, 6) is 0. The first kappa shape index (κ1) is 56.7. The monoisotopic (exact) mass is 450 g/mol. The highest BCUT2D eigenvalue weighted by Gasteiger charge is 1.93. The van der Waals surface area contributed by atoms with E-state index < -0.39 is 0 Å². The Morgan fingerprint density at radius 1 is 0.286 bits per heavy atom. The van der Waals surface area contributed by atoms with Crippen molar-refractivity contribution in [3.8, 4) is 0 Å². The zero-order chi connectivity index (χ0) is 16.0. The maximum Gasteiger partial charge on any atom is -0.0533 e. The second-order valence-corrected chi connectivity index (χ2v) is 6.66. The molecule has 0 bridgehead atoms. The fraction of sp³-hybridized carbons (Fsp3) is 1.00. The van der Waals surface area contributed by atoms with E-state index in [2.05, 4.69) is 27.7 Å². The van der Waals surface area contributed by atoms with Crippen LogP contribution in [0.1, 0.15) is 174 Å². The molecule has 0 N–H and O–H groups in total. The van der Waals surface area contributed by atoms with Crippen LogP contribution in [-0.4, -0.2) is 0 Å². The second kappa shape index (κ2) is 63.0. The topological polar surface area (TPSA) is 0 Å². The molecule has 0 amide bonds. The molecule has 0 saturated heterocycles. The molecular weight excluding hydrogens is 383 g/mol. The minimum absolute atomic E-state index is 0. The number of hydrogen-bond donors (Lipinski definition) is 0. The first-order valence-electron chi connectivity index (χ1n) is 10.3. The summed E-state index contributed by atoms with van der Waals surface area (Å²) in [6.07, 6.45) is 24.7. The van der Waals surface area contributed by atoms with Gasteiger partial charge in [0.15, 0.2) is 0 Å². The molecule has 0 aliphatic heterocycles. The molecule has 0 radical (unpaired) electrons. The van der Waals surface area contributed by atoms with Crippen LogP contribution in [0.3, 0.4) is 0 Å². The van der Waals surface area contributed by atoms with Crippen molar-refractivity contribution in [2.24, 2.45) is 0 Å². The third kappa shape index (κ3) is 71.7. The summed E-state index contributed by atoms with van der Waals surface area (Å²) in [4.78, 5) is 0. The van der Waals surface area contributed by atoms with E-state index in [0.717, 1.165) is 0 Å². The molecule has 0 saturated carbocycles. The standard InChI is InChI=1S/C18H38.C3H8.5CH4.2ClH/c1-3-5-7-9-11-13-15-17-18-16-14-12-10-8-6-4-2;1-3-2;;;;;;;/h3-18H2,1-2H3;3H2,1-2H3;5*1H4;2*1H. The van der Waals surface area contributed by atoms with Crippen molar-refractivity contribution in [1.29, 1.82) is 0 Å². The first-order chi connectivity index (χ1) is 10.3. The maximum atomic E-state index is 2.29. The lowest BCUT2D eigenvalue weighted by Gasteiger charge is -2.03. The normalized spacial score (nSPS) is 7.71. The summed E-state index contributed by atoms with van der Waals surface area (Å²) in [7, 11) is 0. The Bertz CT molecular complexity index is 133. The van der Waals surface area contributed by atoms with Gasteiger partial charge in [-0.05, 0) is 0 Å². The third-order valence-corrected chi connectivity index (χ3v) is 3.96. The molecule has 0 aliphatic carbocycles. The van der Waals surface area contributed by atoms with E-state index in [1.54, 1.807) is 0 Å². The summed E-state index contributed by atoms with van der Waals surface area (Å²) in [6, 6.07) is 0. The Hall–Kier alpha value is 0.580. The van der Waals surface area contributed by atoms with Crippen LogP contribution in [-0.2, 0) is 0 Å². The summed E-state index contributed by atoms with van der Waals surface area (Å²) < 4.78 is 0. The Labute approximate surface area is 198 Å². The lowest BCUT2D eigenvalue weighted by atomic mass is 10.0. The molecule has 0 spiro atoms. The van der Waals surface area contributed by atoms with Crippen LogP contribution in [0.4, 0.5) is 0 Å². The van der Waals surface area contributed by atoms with E-state index in [1.165, 1.54) is 109 Å². The largest absolute Gasteiger partial charge is 0.147 e. The predicted octanol–water partition coefficient (Wildman–Crippen LogP) is 12.7. The number of hydrogen-bond acceptors (Lipinski definition) is 0. The van der Waals surface area contributed by atoms with Gasteiger partial charge in [0, 0.05) is 0 Å². The average molecular weight is 452 g/mol. The molecule has 2 heteroatoms. The SMILES string of the molecule is C.C.C.C.C.CCC.CCCCCCCCCCCCCCCCCC.Cl.Cl. The molecule has 0 nitrogen and oxygen atoms in total. The molecule has 28 heavy (non-hydrogen) atoms. The number of rotatable bonds is 15. The van der Waals surface area contributed by atoms with Crippen molar-refractivity contribution in [2.45, 2.75) is 174 Å². The van der Waals surface area contributed by atoms with Gasteiger partial charge in [0.25, 0.3) is 0 Å². The molecule has 0 aromatic carbocycles. The van der Waals surface area contributed by atoms with Crippen molar-refractivity contribution < 1.29 is 0 Å². The smallest absolute Gasteiger partial charge is 0.0533 e. The Morgan fingerprint density at radius 3 is 0.500 bits per heavy atom. The van der Waals surface area contributed by atoms with Gasteiger partial charge < -0.3 is 0 Å². The second-order valence-electron chi connectivity index (χ2n) is 6.66. The van der Waals surface area contributed by atoms with Gasteiger partial charge in [-0.25, -0.2) is 0 Å².